The maximum atomic E-state index is 3.95. The zero-order valence-electron chi connectivity index (χ0n) is 8.75. The first-order valence-electron chi connectivity index (χ1n) is 4.67. The number of anilines is 1. The Bertz CT molecular complexity index is 246. The predicted molar refractivity (Wildman–Crippen MR) is 58.9 cm³/mol. The van der Waals surface area contributed by atoms with Gasteiger partial charge in [0.25, 0.3) is 0 Å². The van der Waals surface area contributed by atoms with Crippen LogP contribution in [0.3, 0.4) is 0 Å². The van der Waals surface area contributed by atoms with E-state index in [1.54, 1.807) is 0 Å². The second-order valence-corrected chi connectivity index (χ2v) is 4.16. The van der Waals surface area contributed by atoms with Crippen LogP contribution in [0.5, 0.6) is 0 Å². The molecule has 0 saturated heterocycles. The summed E-state index contributed by atoms with van der Waals surface area (Å²) in [6.07, 6.45) is 0. The molecule has 0 aliphatic carbocycles. The molecule has 1 radical (unpaired) electrons. The molecule has 0 bridgehead atoms. The summed E-state index contributed by atoms with van der Waals surface area (Å²) in [6.45, 7) is 11.4. The highest BCUT2D eigenvalue weighted by molar-refractivity contribution is 5.48. The molecule has 0 unspecified atom stereocenters. The van der Waals surface area contributed by atoms with Crippen molar-refractivity contribution in [2.45, 2.75) is 26.3 Å². The van der Waals surface area contributed by atoms with Gasteiger partial charge in [-0.3, -0.25) is 0 Å². The molecule has 0 saturated carbocycles. The number of nitrogens with zero attached hydrogens (tertiary/aromatic N) is 1. The molecule has 0 spiro atoms. The normalized spacial score (nSPS) is 11.4. The minimum absolute atomic E-state index is 0.142. The molecule has 1 aromatic carbocycles. The molecule has 13 heavy (non-hydrogen) atoms. The van der Waals surface area contributed by atoms with Crippen LogP contribution in [0.25, 0.3) is 0 Å². The van der Waals surface area contributed by atoms with Gasteiger partial charge in [0.2, 0.25) is 0 Å². The zero-order chi connectivity index (χ0) is 9.90. The molecule has 0 heterocycles. The van der Waals surface area contributed by atoms with Crippen LogP contribution in [0.2, 0.25) is 0 Å². The molecule has 1 nitrogen and oxygen atoms in total. The van der Waals surface area contributed by atoms with Crippen LogP contribution in [0.1, 0.15) is 20.8 Å². The highest BCUT2D eigenvalue weighted by Gasteiger charge is 2.19. The first kappa shape index (κ1) is 10.1. The van der Waals surface area contributed by atoms with E-state index in [4.69, 9.17) is 0 Å². The van der Waals surface area contributed by atoms with Gasteiger partial charge >= 0.3 is 0 Å². The molecule has 0 N–H and O–H groups in total. The van der Waals surface area contributed by atoms with Crippen LogP contribution in [0.15, 0.2) is 30.3 Å². The van der Waals surface area contributed by atoms with E-state index in [-0.39, 0.29) is 5.54 Å². The van der Waals surface area contributed by atoms with Gasteiger partial charge in [-0.2, -0.15) is 0 Å². The van der Waals surface area contributed by atoms with Gasteiger partial charge in [-0.1, -0.05) is 18.2 Å². The Morgan fingerprint density at radius 3 is 2.08 bits per heavy atom. The van der Waals surface area contributed by atoms with E-state index in [2.05, 4.69) is 56.9 Å². The van der Waals surface area contributed by atoms with Crippen molar-refractivity contribution in [3.63, 3.8) is 0 Å². The fourth-order valence-corrected chi connectivity index (χ4v) is 1.46. The van der Waals surface area contributed by atoms with Crippen LogP contribution in [0, 0.1) is 6.92 Å². The van der Waals surface area contributed by atoms with Crippen LogP contribution in [0.4, 0.5) is 5.69 Å². The van der Waals surface area contributed by atoms with E-state index in [1.807, 2.05) is 6.07 Å². The average molecular weight is 176 g/mol. The molecule has 1 aromatic rings. The lowest BCUT2D eigenvalue weighted by Gasteiger charge is -2.36. The van der Waals surface area contributed by atoms with E-state index in [1.165, 1.54) is 5.69 Å². The van der Waals surface area contributed by atoms with Crippen molar-refractivity contribution in [3.05, 3.63) is 37.3 Å². The largest absolute Gasteiger partial charge is 0.367 e. The molecule has 0 aromatic heterocycles. The van der Waals surface area contributed by atoms with E-state index in [0.29, 0.717) is 0 Å². The van der Waals surface area contributed by atoms with E-state index >= 15 is 0 Å². The molecule has 1 rings (SSSR count). The fraction of sp³-hybridized carbons (Fsp3) is 0.417. The SMILES string of the molecule is [CH2]CN(c1ccccc1)C(C)(C)C. The smallest absolute Gasteiger partial charge is 0.0370 e. The Labute approximate surface area is 81.4 Å². The zero-order valence-corrected chi connectivity index (χ0v) is 8.75. The van der Waals surface area contributed by atoms with E-state index < -0.39 is 0 Å². The van der Waals surface area contributed by atoms with Gasteiger partial charge in [0.05, 0.1) is 0 Å². The number of benzene rings is 1. The lowest BCUT2D eigenvalue weighted by atomic mass is 10.1. The first-order valence-corrected chi connectivity index (χ1v) is 4.67. The lowest BCUT2D eigenvalue weighted by molar-refractivity contribution is 0.521. The molecule has 0 aliphatic heterocycles. The summed E-state index contributed by atoms with van der Waals surface area (Å²) in [7, 11) is 0. The Hall–Kier alpha value is -0.980. The Morgan fingerprint density at radius 1 is 1.15 bits per heavy atom. The second kappa shape index (κ2) is 3.82. The minimum atomic E-state index is 0.142. The quantitative estimate of drug-likeness (QED) is 0.669. The fourth-order valence-electron chi connectivity index (χ4n) is 1.46. The summed E-state index contributed by atoms with van der Waals surface area (Å²) in [5, 5.41) is 0. The molecule has 0 atom stereocenters. The van der Waals surface area contributed by atoms with Gasteiger partial charge in [0.1, 0.15) is 0 Å². The van der Waals surface area contributed by atoms with Crippen LogP contribution < -0.4 is 4.90 Å². The van der Waals surface area contributed by atoms with E-state index in [9.17, 15) is 0 Å². The Kier molecular flexibility index (Phi) is 2.97. The summed E-state index contributed by atoms with van der Waals surface area (Å²) in [6, 6.07) is 10.4. The number of para-hydroxylation sites is 1. The molecular weight excluding hydrogens is 158 g/mol. The van der Waals surface area contributed by atoms with Crippen molar-refractivity contribution in [1.29, 1.82) is 0 Å². The Morgan fingerprint density at radius 2 is 1.69 bits per heavy atom. The Balaban J connectivity index is 2.92. The second-order valence-electron chi connectivity index (χ2n) is 4.16. The van der Waals surface area contributed by atoms with Crippen molar-refractivity contribution in [2.75, 3.05) is 11.4 Å². The maximum absolute atomic E-state index is 3.95. The molecular formula is C12H18N. The number of hydrogen-bond donors (Lipinski definition) is 0. The number of rotatable bonds is 2. The van der Waals surface area contributed by atoms with Crippen molar-refractivity contribution < 1.29 is 0 Å². The number of hydrogen-bond acceptors (Lipinski definition) is 1. The summed E-state index contributed by atoms with van der Waals surface area (Å²) < 4.78 is 0. The van der Waals surface area contributed by atoms with Gasteiger partial charge in [-0.25, -0.2) is 0 Å². The summed E-state index contributed by atoms with van der Waals surface area (Å²) in [5.74, 6) is 0. The van der Waals surface area contributed by atoms with Crippen LogP contribution in [-0.4, -0.2) is 12.1 Å². The molecule has 0 fully saturated rings. The van der Waals surface area contributed by atoms with Crippen molar-refractivity contribution in [1.82, 2.24) is 0 Å². The standard InChI is InChI=1S/C12H18N/c1-5-13(12(2,3)4)11-9-7-6-8-10-11/h6-10H,1,5H2,2-4H3. The monoisotopic (exact) mass is 176 g/mol. The van der Waals surface area contributed by atoms with Crippen molar-refractivity contribution in [3.8, 4) is 0 Å². The van der Waals surface area contributed by atoms with Gasteiger partial charge in [-0.15, -0.1) is 0 Å². The predicted octanol–water partition coefficient (Wildman–Crippen LogP) is 3.13. The third-order valence-corrected chi connectivity index (χ3v) is 2.10. The van der Waals surface area contributed by atoms with Gasteiger partial charge in [0.15, 0.2) is 0 Å². The topological polar surface area (TPSA) is 3.24 Å². The third-order valence-electron chi connectivity index (χ3n) is 2.10. The maximum Gasteiger partial charge on any atom is 0.0370 e. The van der Waals surface area contributed by atoms with Crippen LogP contribution in [-0.2, 0) is 0 Å². The molecule has 0 amide bonds. The van der Waals surface area contributed by atoms with Crippen LogP contribution >= 0.6 is 0 Å². The van der Waals surface area contributed by atoms with Crippen molar-refractivity contribution >= 4 is 5.69 Å². The summed E-state index contributed by atoms with van der Waals surface area (Å²) in [4.78, 5) is 2.28. The van der Waals surface area contributed by atoms with Gasteiger partial charge in [0, 0.05) is 17.8 Å². The average Bonchev–Trinajstić information content (AvgIpc) is 2.05. The van der Waals surface area contributed by atoms with E-state index in [0.717, 1.165) is 6.54 Å². The third kappa shape index (κ3) is 2.48. The lowest BCUT2D eigenvalue weighted by Crippen LogP contribution is -2.41. The van der Waals surface area contributed by atoms with Crippen molar-refractivity contribution in [2.24, 2.45) is 0 Å². The van der Waals surface area contributed by atoms with Gasteiger partial charge < -0.3 is 4.90 Å². The minimum Gasteiger partial charge on any atom is -0.367 e. The molecule has 0 aliphatic rings. The van der Waals surface area contributed by atoms with Gasteiger partial charge in [-0.05, 0) is 39.8 Å². The summed E-state index contributed by atoms with van der Waals surface area (Å²) >= 11 is 0. The molecule has 1 heteroatoms. The molecule has 71 valence electrons. The first-order chi connectivity index (χ1) is 6.05. The summed E-state index contributed by atoms with van der Waals surface area (Å²) in [5.41, 5.74) is 1.38. The highest BCUT2D eigenvalue weighted by atomic mass is 15.2. The highest BCUT2D eigenvalue weighted by Crippen LogP contribution is 2.22.